The van der Waals surface area contributed by atoms with Crippen LogP contribution in [0, 0.1) is 17.8 Å². The average Bonchev–Trinajstić information content (AvgIpc) is 3.35. The fourth-order valence-corrected chi connectivity index (χ4v) is 3.49. The first-order chi connectivity index (χ1) is 14.6. The van der Waals surface area contributed by atoms with Gasteiger partial charge in [-0.25, -0.2) is 0 Å². The molecule has 1 atom stereocenters. The first-order valence-corrected chi connectivity index (χ1v) is 9.65. The molecule has 1 fully saturated rings. The Labute approximate surface area is 205 Å². The molecule has 0 radical (unpaired) electrons. The molecule has 1 unspecified atom stereocenters. The Morgan fingerprint density at radius 3 is 2.59 bits per heavy atom. The van der Waals surface area contributed by atoms with Crippen molar-refractivity contribution in [2.75, 3.05) is 11.4 Å². The molecule has 1 aliphatic rings. The van der Waals surface area contributed by atoms with Gasteiger partial charge in [0.1, 0.15) is 6.04 Å². The van der Waals surface area contributed by atoms with Crippen LogP contribution in [0.15, 0.2) is 67.1 Å². The molecule has 1 aliphatic heterocycles. The minimum Gasteiger partial charge on any atom is -0.362 e. The van der Waals surface area contributed by atoms with E-state index in [0.29, 0.717) is 30.8 Å². The number of imidazole rings is 1. The van der Waals surface area contributed by atoms with Gasteiger partial charge in [0, 0.05) is 18.8 Å². The van der Waals surface area contributed by atoms with Crippen LogP contribution >= 0.6 is 12.4 Å². The van der Waals surface area contributed by atoms with Crippen LogP contribution < -0.4 is 29.1 Å². The van der Waals surface area contributed by atoms with Crippen molar-refractivity contribution in [1.82, 2.24) is 14.9 Å². The summed E-state index contributed by atoms with van der Waals surface area (Å²) in [4.78, 5) is 31.0. The number of rotatable bonds is 6. The molecule has 1 aromatic heterocycles. The van der Waals surface area contributed by atoms with Gasteiger partial charge >= 0.3 is 18.9 Å². The SMILES string of the molecule is Cl.N#Cc1ccc(Cn2cncc2[CH-]C(=O)NC2CCN(c3ccccc3)C2=O)cc1.[Li+]. The van der Waals surface area contributed by atoms with Gasteiger partial charge < -0.3 is 19.8 Å². The molecular formula is C23H21ClLiN5O2. The van der Waals surface area contributed by atoms with Crippen LogP contribution in [0.2, 0.25) is 0 Å². The number of aromatic nitrogens is 2. The second-order valence-electron chi connectivity index (χ2n) is 7.07. The monoisotopic (exact) mass is 441 g/mol. The molecule has 2 heterocycles. The Morgan fingerprint density at radius 1 is 1.19 bits per heavy atom. The minimum atomic E-state index is -0.538. The molecule has 1 N–H and O–H groups in total. The molecule has 1 saturated heterocycles. The number of carbonyl (C=O) groups excluding carboxylic acids is 2. The maximum atomic E-state index is 12.7. The first kappa shape index (κ1) is 25.1. The third kappa shape index (κ3) is 5.75. The molecule has 9 heteroatoms. The third-order valence-corrected chi connectivity index (χ3v) is 5.05. The van der Waals surface area contributed by atoms with Gasteiger partial charge in [-0.3, -0.25) is 9.59 Å². The first-order valence-electron chi connectivity index (χ1n) is 9.65. The second-order valence-corrected chi connectivity index (χ2v) is 7.07. The molecule has 0 bridgehead atoms. The second kappa shape index (κ2) is 11.5. The Hall–Kier alpha value is -3.16. The molecular weight excluding hydrogens is 421 g/mol. The predicted octanol–water partition coefficient (Wildman–Crippen LogP) is -0.297. The summed E-state index contributed by atoms with van der Waals surface area (Å²) in [5.41, 5.74) is 3.07. The van der Waals surface area contributed by atoms with Gasteiger partial charge in [0.15, 0.2) is 5.91 Å². The van der Waals surface area contributed by atoms with Gasteiger partial charge in [-0.15, -0.1) is 18.8 Å². The average molecular weight is 442 g/mol. The minimum absolute atomic E-state index is 0. The van der Waals surface area contributed by atoms with E-state index in [4.69, 9.17) is 5.26 Å². The van der Waals surface area contributed by atoms with E-state index in [1.165, 1.54) is 6.42 Å². The van der Waals surface area contributed by atoms with Crippen molar-refractivity contribution in [2.45, 2.75) is 19.0 Å². The van der Waals surface area contributed by atoms with Gasteiger partial charge in [0.05, 0.1) is 18.0 Å². The molecule has 7 nitrogen and oxygen atoms in total. The number of nitrogens with zero attached hydrogens (tertiary/aromatic N) is 4. The summed E-state index contributed by atoms with van der Waals surface area (Å²) in [6.07, 6.45) is 5.28. The van der Waals surface area contributed by atoms with Crippen molar-refractivity contribution in [3.63, 3.8) is 0 Å². The molecule has 0 saturated carbocycles. The van der Waals surface area contributed by atoms with Crippen molar-refractivity contribution in [1.29, 1.82) is 5.26 Å². The number of para-hydroxylation sites is 1. The molecule has 2 aromatic carbocycles. The van der Waals surface area contributed by atoms with Crippen LogP contribution in [0.3, 0.4) is 0 Å². The maximum Gasteiger partial charge on any atom is 1.00 e. The van der Waals surface area contributed by atoms with E-state index < -0.39 is 6.04 Å². The molecule has 0 aliphatic carbocycles. The number of hydrogen-bond donors (Lipinski definition) is 1. The van der Waals surface area contributed by atoms with Crippen molar-refractivity contribution >= 4 is 29.9 Å². The van der Waals surface area contributed by atoms with Gasteiger partial charge in [0.25, 0.3) is 0 Å². The van der Waals surface area contributed by atoms with Gasteiger partial charge in [-0.05, 0) is 36.2 Å². The summed E-state index contributed by atoms with van der Waals surface area (Å²) < 4.78 is 1.84. The Bertz CT molecular complexity index is 1100. The van der Waals surface area contributed by atoms with Gasteiger partial charge in [0.2, 0.25) is 5.91 Å². The van der Waals surface area contributed by atoms with E-state index in [9.17, 15) is 9.59 Å². The quantitative estimate of drug-likeness (QED) is 0.420. The maximum absolute atomic E-state index is 12.7. The van der Waals surface area contributed by atoms with Crippen molar-refractivity contribution in [2.24, 2.45) is 0 Å². The molecule has 4 rings (SSSR count). The fourth-order valence-electron chi connectivity index (χ4n) is 3.49. The third-order valence-electron chi connectivity index (χ3n) is 5.05. The Morgan fingerprint density at radius 2 is 1.91 bits per heavy atom. The summed E-state index contributed by atoms with van der Waals surface area (Å²) in [5.74, 6) is -0.432. The Balaban J connectivity index is 0.00000181. The van der Waals surface area contributed by atoms with Gasteiger partial charge in [-0.2, -0.15) is 5.26 Å². The van der Waals surface area contributed by atoms with E-state index in [-0.39, 0.29) is 43.1 Å². The zero-order chi connectivity index (χ0) is 20.9. The van der Waals surface area contributed by atoms with Crippen molar-refractivity contribution in [3.05, 3.63) is 90.4 Å². The normalized spacial score (nSPS) is 14.7. The molecule has 2 amide bonds. The predicted molar refractivity (Wildman–Crippen MR) is 118 cm³/mol. The zero-order valence-electron chi connectivity index (χ0n) is 17.6. The number of benzene rings is 2. The van der Waals surface area contributed by atoms with Crippen LogP contribution in [0.25, 0.3) is 0 Å². The molecule has 32 heavy (non-hydrogen) atoms. The van der Waals surface area contributed by atoms with E-state index in [1.807, 2.05) is 47.0 Å². The number of hydrogen-bond acceptors (Lipinski definition) is 4. The summed E-state index contributed by atoms with van der Waals surface area (Å²) in [6.45, 7) is 1.10. The largest absolute Gasteiger partial charge is 1.00 e. The zero-order valence-corrected chi connectivity index (χ0v) is 18.5. The number of amides is 2. The summed E-state index contributed by atoms with van der Waals surface area (Å²) >= 11 is 0. The van der Waals surface area contributed by atoms with Crippen LogP contribution in [-0.2, 0) is 16.1 Å². The van der Waals surface area contributed by atoms with E-state index in [0.717, 1.165) is 11.3 Å². The van der Waals surface area contributed by atoms with E-state index >= 15 is 0 Å². The molecule has 0 spiro atoms. The standard InChI is InChI=1S/C23H20N5O2.ClH.Li/c24-13-17-6-8-18(9-7-17)15-27-16-25-14-20(27)12-22(29)26-21-10-11-28(23(21)30)19-4-2-1-3-5-19;;/h1-9,12,14,16,21H,10-11,15H2,(H,26,29);1H;/q-1;;+1. The summed E-state index contributed by atoms with van der Waals surface area (Å²) in [7, 11) is 0. The molecule has 3 aromatic rings. The van der Waals surface area contributed by atoms with E-state index in [1.54, 1.807) is 29.6 Å². The number of halogens is 1. The summed E-state index contributed by atoms with van der Waals surface area (Å²) in [5, 5.41) is 11.7. The van der Waals surface area contributed by atoms with Crippen LogP contribution in [0.1, 0.15) is 23.2 Å². The van der Waals surface area contributed by atoms with Crippen molar-refractivity contribution in [3.8, 4) is 6.07 Å². The van der Waals surface area contributed by atoms with E-state index in [2.05, 4.69) is 16.4 Å². The molecule has 158 valence electrons. The van der Waals surface area contributed by atoms with Crippen LogP contribution in [0.4, 0.5) is 5.69 Å². The fraction of sp³-hybridized carbons (Fsp3) is 0.174. The topological polar surface area (TPSA) is 91.0 Å². The number of nitrogens with one attached hydrogen (secondary N) is 1. The number of carbonyl (C=O) groups is 2. The number of anilines is 1. The Kier molecular flexibility index (Phi) is 8.99. The smallest absolute Gasteiger partial charge is 0.362 e. The van der Waals surface area contributed by atoms with Gasteiger partial charge in [-0.1, -0.05) is 42.2 Å². The summed E-state index contributed by atoms with van der Waals surface area (Å²) in [6, 6.07) is 18.3. The van der Waals surface area contributed by atoms with Crippen molar-refractivity contribution < 1.29 is 28.4 Å². The number of nitriles is 1. The van der Waals surface area contributed by atoms with Crippen LogP contribution in [0.5, 0.6) is 0 Å². The van der Waals surface area contributed by atoms with Crippen LogP contribution in [-0.4, -0.2) is 34.0 Å².